The Balaban J connectivity index is 1.71. The van der Waals surface area contributed by atoms with Crippen LogP contribution in [0.2, 0.25) is 0 Å². The fourth-order valence-electron chi connectivity index (χ4n) is 3.96. The fourth-order valence-corrected chi connectivity index (χ4v) is 3.96. The lowest BCUT2D eigenvalue weighted by atomic mass is 9.93. The van der Waals surface area contributed by atoms with E-state index in [-0.39, 0.29) is 12.1 Å². The number of carbonyl (C=O) groups excluding carboxylic acids is 1. The van der Waals surface area contributed by atoms with Crippen LogP contribution in [0, 0.1) is 5.92 Å². The zero-order chi connectivity index (χ0) is 20.6. The van der Waals surface area contributed by atoms with Gasteiger partial charge in [-0.25, -0.2) is 4.79 Å². The molecule has 7 nitrogen and oxygen atoms in total. The van der Waals surface area contributed by atoms with E-state index in [1.807, 2.05) is 27.8 Å². The van der Waals surface area contributed by atoms with Gasteiger partial charge in [0.05, 0.1) is 0 Å². The number of carbonyl (C=O) groups is 1. The van der Waals surface area contributed by atoms with Crippen molar-refractivity contribution in [3.63, 3.8) is 0 Å². The lowest BCUT2D eigenvalue weighted by Gasteiger charge is -2.35. The van der Waals surface area contributed by atoms with Gasteiger partial charge < -0.3 is 25.2 Å². The molecule has 162 valence electrons. The molecule has 28 heavy (non-hydrogen) atoms. The van der Waals surface area contributed by atoms with Gasteiger partial charge in [0, 0.05) is 32.7 Å². The van der Waals surface area contributed by atoms with Gasteiger partial charge in [0.25, 0.3) is 0 Å². The Morgan fingerprint density at radius 2 is 1.89 bits per heavy atom. The van der Waals surface area contributed by atoms with Crippen LogP contribution < -0.4 is 10.6 Å². The third-order valence-electron chi connectivity index (χ3n) is 5.64. The summed E-state index contributed by atoms with van der Waals surface area (Å²) in [6, 6.07) is 0.209. The van der Waals surface area contributed by atoms with Gasteiger partial charge in [-0.15, -0.1) is 0 Å². The molecule has 0 aromatic heterocycles. The molecule has 2 heterocycles. The van der Waals surface area contributed by atoms with Crippen LogP contribution >= 0.6 is 0 Å². The molecule has 7 heteroatoms. The number of piperidine rings is 2. The van der Waals surface area contributed by atoms with E-state index >= 15 is 0 Å². The first-order valence-electron chi connectivity index (χ1n) is 11.0. The highest BCUT2D eigenvalue weighted by atomic mass is 16.6. The number of guanidine groups is 1. The summed E-state index contributed by atoms with van der Waals surface area (Å²) in [6.45, 7) is 14.0. The normalized spacial score (nSPS) is 22.8. The second kappa shape index (κ2) is 10.9. The summed E-state index contributed by atoms with van der Waals surface area (Å²) in [6.07, 6.45) is 5.58. The quantitative estimate of drug-likeness (QED) is 0.553. The van der Waals surface area contributed by atoms with Crippen molar-refractivity contribution < 1.29 is 9.53 Å². The van der Waals surface area contributed by atoms with E-state index in [9.17, 15) is 4.79 Å². The highest BCUT2D eigenvalue weighted by molar-refractivity contribution is 5.80. The Hall–Kier alpha value is -1.50. The van der Waals surface area contributed by atoms with Gasteiger partial charge in [-0.3, -0.25) is 4.99 Å². The molecular formula is C21H41N5O2. The van der Waals surface area contributed by atoms with Gasteiger partial charge in [0.15, 0.2) is 5.96 Å². The molecule has 0 saturated carbocycles. The second-order valence-electron chi connectivity index (χ2n) is 9.08. The van der Waals surface area contributed by atoms with Crippen LogP contribution in [0.4, 0.5) is 4.79 Å². The molecule has 2 fully saturated rings. The number of hydrogen-bond acceptors (Lipinski definition) is 4. The summed E-state index contributed by atoms with van der Waals surface area (Å²) in [4.78, 5) is 21.0. The second-order valence-corrected chi connectivity index (χ2v) is 9.08. The SMILES string of the molecule is CCN1CCC(CCNC(=NC)NC2CCCN(C(=O)OC(C)(C)C)C2)CC1. The molecule has 0 aromatic carbocycles. The molecule has 0 aromatic rings. The average Bonchev–Trinajstić information content (AvgIpc) is 2.66. The van der Waals surface area contributed by atoms with Crippen LogP contribution in [0.1, 0.15) is 59.8 Å². The zero-order valence-corrected chi connectivity index (χ0v) is 18.6. The maximum atomic E-state index is 12.3. The van der Waals surface area contributed by atoms with E-state index in [1.54, 1.807) is 4.90 Å². The van der Waals surface area contributed by atoms with Crippen molar-refractivity contribution in [3.05, 3.63) is 0 Å². The summed E-state index contributed by atoms with van der Waals surface area (Å²) in [5, 5.41) is 6.95. The lowest BCUT2D eigenvalue weighted by molar-refractivity contribution is 0.0193. The molecule has 0 spiro atoms. The number of rotatable bonds is 5. The molecular weight excluding hydrogens is 354 g/mol. The van der Waals surface area contributed by atoms with Gasteiger partial charge in [0.2, 0.25) is 0 Å². The van der Waals surface area contributed by atoms with Crippen LogP contribution in [-0.4, -0.2) is 79.8 Å². The first kappa shape index (κ1) is 22.8. The third-order valence-corrected chi connectivity index (χ3v) is 5.64. The van der Waals surface area contributed by atoms with E-state index in [0.29, 0.717) is 6.54 Å². The number of nitrogens with one attached hydrogen (secondary N) is 2. The highest BCUT2D eigenvalue weighted by Gasteiger charge is 2.28. The topological polar surface area (TPSA) is 69.2 Å². The monoisotopic (exact) mass is 395 g/mol. The van der Waals surface area contributed by atoms with E-state index in [2.05, 4.69) is 27.4 Å². The van der Waals surface area contributed by atoms with Crippen molar-refractivity contribution in [3.8, 4) is 0 Å². The molecule has 1 atom stereocenters. The van der Waals surface area contributed by atoms with E-state index < -0.39 is 5.60 Å². The smallest absolute Gasteiger partial charge is 0.410 e. The van der Waals surface area contributed by atoms with Crippen LogP contribution in [0.15, 0.2) is 4.99 Å². The Labute approximate surface area is 171 Å². The minimum atomic E-state index is -0.456. The Kier molecular flexibility index (Phi) is 8.86. The molecule has 1 amide bonds. The summed E-state index contributed by atoms with van der Waals surface area (Å²) in [5.41, 5.74) is -0.456. The molecule has 2 N–H and O–H groups in total. The summed E-state index contributed by atoms with van der Waals surface area (Å²) >= 11 is 0. The van der Waals surface area contributed by atoms with Gasteiger partial charge in [-0.05, 0) is 78.4 Å². The van der Waals surface area contributed by atoms with Crippen LogP contribution in [0.25, 0.3) is 0 Å². The van der Waals surface area contributed by atoms with Gasteiger partial charge in [0.1, 0.15) is 5.60 Å². The maximum absolute atomic E-state index is 12.3. The molecule has 1 unspecified atom stereocenters. The average molecular weight is 396 g/mol. The van der Waals surface area contributed by atoms with Gasteiger partial charge in [-0.1, -0.05) is 6.92 Å². The molecule has 2 aliphatic heterocycles. The number of nitrogens with zero attached hydrogens (tertiary/aromatic N) is 3. The van der Waals surface area contributed by atoms with E-state index in [1.165, 1.54) is 38.9 Å². The number of likely N-dealkylation sites (tertiary alicyclic amines) is 2. The maximum Gasteiger partial charge on any atom is 0.410 e. The number of amides is 1. The summed E-state index contributed by atoms with van der Waals surface area (Å²) < 4.78 is 5.51. The minimum absolute atomic E-state index is 0.209. The third kappa shape index (κ3) is 7.86. The zero-order valence-electron chi connectivity index (χ0n) is 18.6. The first-order chi connectivity index (χ1) is 13.3. The lowest BCUT2D eigenvalue weighted by Crippen LogP contribution is -2.53. The predicted octanol–water partition coefficient (Wildman–Crippen LogP) is 2.67. The Morgan fingerprint density at radius 3 is 2.50 bits per heavy atom. The van der Waals surface area contributed by atoms with Gasteiger partial charge in [-0.2, -0.15) is 0 Å². The first-order valence-corrected chi connectivity index (χ1v) is 11.0. The number of aliphatic imine (C=N–C) groups is 1. The molecule has 2 saturated heterocycles. The van der Waals surface area contributed by atoms with E-state index in [4.69, 9.17) is 4.74 Å². The van der Waals surface area contributed by atoms with Crippen molar-refractivity contribution >= 4 is 12.1 Å². The number of ether oxygens (including phenoxy) is 1. The Morgan fingerprint density at radius 1 is 1.18 bits per heavy atom. The molecule has 2 rings (SSSR count). The minimum Gasteiger partial charge on any atom is -0.444 e. The summed E-state index contributed by atoms with van der Waals surface area (Å²) in [7, 11) is 1.81. The standard InChI is InChI=1S/C21H41N5O2/c1-6-25-14-10-17(11-15-25)9-12-23-19(22-5)24-18-8-7-13-26(16-18)20(27)28-21(2,3)4/h17-18H,6-16H2,1-5H3,(H2,22,23,24). The fraction of sp³-hybridized carbons (Fsp3) is 0.905. The number of hydrogen-bond donors (Lipinski definition) is 2. The molecule has 0 bridgehead atoms. The molecule has 2 aliphatic rings. The van der Waals surface area contributed by atoms with Crippen molar-refractivity contribution in [2.75, 3.05) is 46.3 Å². The summed E-state index contributed by atoms with van der Waals surface area (Å²) in [5.74, 6) is 1.65. The van der Waals surface area contributed by atoms with Crippen LogP contribution in [-0.2, 0) is 4.74 Å². The largest absolute Gasteiger partial charge is 0.444 e. The van der Waals surface area contributed by atoms with Crippen LogP contribution in [0.3, 0.4) is 0 Å². The van der Waals surface area contributed by atoms with Crippen molar-refractivity contribution in [2.24, 2.45) is 10.9 Å². The predicted molar refractivity (Wildman–Crippen MR) is 115 cm³/mol. The van der Waals surface area contributed by atoms with Crippen molar-refractivity contribution in [1.29, 1.82) is 0 Å². The van der Waals surface area contributed by atoms with Crippen molar-refractivity contribution in [2.45, 2.75) is 71.4 Å². The van der Waals surface area contributed by atoms with Gasteiger partial charge >= 0.3 is 6.09 Å². The van der Waals surface area contributed by atoms with Crippen LogP contribution in [0.5, 0.6) is 0 Å². The molecule has 0 radical (unpaired) electrons. The Bertz CT molecular complexity index is 509. The van der Waals surface area contributed by atoms with Crippen molar-refractivity contribution in [1.82, 2.24) is 20.4 Å². The van der Waals surface area contributed by atoms with E-state index in [0.717, 1.165) is 37.8 Å². The highest BCUT2D eigenvalue weighted by Crippen LogP contribution is 2.19. The molecule has 0 aliphatic carbocycles.